The number of ether oxygens (including phenoxy) is 1. The van der Waals surface area contributed by atoms with Gasteiger partial charge in [0.05, 0.1) is 7.11 Å². The van der Waals surface area contributed by atoms with Gasteiger partial charge in [-0.25, -0.2) is 0 Å². The fourth-order valence-corrected chi connectivity index (χ4v) is 1.73. The number of rotatable bonds is 5. The maximum Gasteiger partial charge on any atom is 0.460 e. The van der Waals surface area contributed by atoms with Gasteiger partial charge in [-0.2, -0.15) is 39.5 Å². The lowest BCUT2D eigenvalue weighted by Gasteiger charge is -2.36. The lowest BCUT2D eigenvalue weighted by atomic mass is 9.94. The first kappa shape index (κ1) is 20.3. The summed E-state index contributed by atoms with van der Waals surface area (Å²) in [4.78, 5) is 11.0. The smallest absolute Gasteiger partial charge is 0.460 e. The number of esters is 1. The Balaban J connectivity index is 5.65. The van der Waals surface area contributed by atoms with Crippen molar-refractivity contribution < 1.29 is 49.0 Å². The molecule has 0 fully saturated rings. The third-order valence-corrected chi connectivity index (χ3v) is 2.98. The van der Waals surface area contributed by atoms with Crippen LogP contribution in [0.2, 0.25) is 0 Å². The lowest BCUT2D eigenvalue weighted by molar-refractivity contribution is -0.397. The molecule has 0 saturated carbocycles. The van der Waals surface area contributed by atoms with Crippen molar-refractivity contribution in [2.75, 3.05) is 7.11 Å². The van der Waals surface area contributed by atoms with Gasteiger partial charge in [-0.05, 0) is 6.92 Å². The Morgan fingerprint density at radius 1 is 0.952 bits per heavy atom. The second-order valence-corrected chi connectivity index (χ2v) is 5.97. The van der Waals surface area contributed by atoms with E-state index in [4.69, 9.17) is 0 Å². The number of halogens is 10. The Labute approximate surface area is 120 Å². The fraction of sp³-hybridized carbons (Fsp3) is 0.889. The van der Waals surface area contributed by atoms with Crippen LogP contribution in [0.25, 0.3) is 0 Å². The molecule has 1 unspecified atom stereocenters. The summed E-state index contributed by atoms with van der Waals surface area (Å²) in [6.45, 7) is 0.564. The summed E-state index contributed by atoms with van der Waals surface area (Å²) in [6, 6.07) is 0. The van der Waals surface area contributed by atoms with Crippen LogP contribution in [-0.4, -0.2) is 41.3 Å². The molecule has 2 nitrogen and oxygen atoms in total. The molecule has 0 aromatic carbocycles. The molecule has 21 heavy (non-hydrogen) atoms. The molecule has 0 amide bonds. The second kappa shape index (κ2) is 5.51. The van der Waals surface area contributed by atoms with E-state index in [0.717, 1.165) is 0 Å². The number of carbonyl (C=O) groups is 1. The van der Waals surface area contributed by atoms with E-state index in [9.17, 15) is 44.3 Å². The van der Waals surface area contributed by atoms with Crippen molar-refractivity contribution in [3.63, 3.8) is 0 Å². The van der Waals surface area contributed by atoms with Gasteiger partial charge in [0.25, 0.3) is 0 Å². The monoisotopic (exact) mass is 398 g/mol. The molecule has 0 aliphatic carbocycles. The minimum absolute atomic E-state index is 0.564. The fourth-order valence-electron chi connectivity index (χ4n) is 1.22. The summed E-state index contributed by atoms with van der Waals surface area (Å²) in [5.74, 6) is -21.1. The summed E-state index contributed by atoms with van der Waals surface area (Å²) < 4.78 is 115. The van der Waals surface area contributed by atoms with Crippen LogP contribution in [0.5, 0.6) is 0 Å². The highest BCUT2D eigenvalue weighted by atomic mass is 79.9. The van der Waals surface area contributed by atoms with Crippen molar-refractivity contribution in [3.8, 4) is 0 Å². The topological polar surface area (TPSA) is 26.3 Å². The zero-order valence-corrected chi connectivity index (χ0v) is 11.9. The predicted molar refractivity (Wildman–Crippen MR) is 54.9 cm³/mol. The Kier molecular flexibility index (Phi) is 5.33. The standard InChI is InChI=1S/C9H8BrF9O2/c1-5(10,4(20)21-2)3-6(11,12)7(13,14)8(15,16)9(17,18)19/h3H2,1-2H3. The van der Waals surface area contributed by atoms with Crippen molar-refractivity contribution in [2.24, 2.45) is 0 Å². The molecule has 0 aliphatic rings. The molecule has 0 heterocycles. The van der Waals surface area contributed by atoms with Gasteiger partial charge in [-0.3, -0.25) is 4.79 Å². The first-order valence-electron chi connectivity index (χ1n) is 4.91. The summed E-state index contributed by atoms with van der Waals surface area (Å²) in [5, 5.41) is 0. The van der Waals surface area contributed by atoms with E-state index < -0.39 is 40.7 Å². The quantitative estimate of drug-likeness (QED) is 0.394. The number of alkyl halides is 10. The van der Waals surface area contributed by atoms with Gasteiger partial charge < -0.3 is 4.74 Å². The zero-order valence-electron chi connectivity index (χ0n) is 10.3. The predicted octanol–water partition coefficient (Wildman–Crippen LogP) is 4.17. The van der Waals surface area contributed by atoms with Crippen molar-refractivity contribution in [3.05, 3.63) is 0 Å². The number of hydrogen-bond acceptors (Lipinski definition) is 2. The van der Waals surface area contributed by atoms with E-state index in [2.05, 4.69) is 20.7 Å². The normalized spacial score (nSPS) is 17.3. The Hall–Kier alpha value is -0.680. The molecule has 0 N–H and O–H groups in total. The molecule has 0 saturated heterocycles. The van der Waals surface area contributed by atoms with Crippen LogP contribution in [0.3, 0.4) is 0 Å². The average Bonchev–Trinajstić information content (AvgIpc) is 2.24. The molecule has 0 aliphatic heterocycles. The highest BCUT2D eigenvalue weighted by molar-refractivity contribution is 9.10. The largest absolute Gasteiger partial charge is 0.468 e. The molecule has 0 aromatic heterocycles. The first-order chi connectivity index (χ1) is 8.94. The Morgan fingerprint density at radius 3 is 1.62 bits per heavy atom. The van der Waals surface area contributed by atoms with Crippen molar-refractivity contribution in [2.45, 2.75) is 41.6 Å². The molecule has 1 atom stereocenters. The van der Waals surface area contributed by atoms with Crippen molar-refractivity contribution >= 4 is 21.9 Å². The van der Waals surface area contributed by atoms with Crippen LogP contribution in [0, 0.1) is 0 Å². The first-order valence-corrected chi connectivity index (χ1v) is 5.71. The lowest BCUT2D eigenvalue weighted by Crippen LogP contribution is -2.62. The van der Waals surface area contributed by atoms with Gasteiger partial charge in [0.15, 0.2) is 0 Å². The maximum absolute atomic E-state index is 13.3. The van der Waals surface area contributed by atoms with E-state index in [1.54, 1.807) is 0 Å². The van der Waals surface area contributed by atoms with E-state index >= 15 is 0 Å². The molecular formula is C9H8BrF9O2. The van der Waals surface area contributed by atoms with Gasteiger partial charge in [-0.1, -0.05) is 15.9 Å². The maximum atomic E-state index is 13.3. The van der Waals surface area contributed by atoms with Crippen LogP contribution in [0.4, 0.5) is 39.5 Å². The van der Waals surface area contributed by atoms with Crippen LogP contribution in [-0.2, 0) is 9.53 Å². The molecule has 0 rings (SSSR count). The van der Waals surface area contributed by atoms with Gasteiger partial charge in [0.2, 0.25) is 0 Å². The molecule has 12 heteroatoms. The number of carbonyl (C=O) groups excluding carboxylic acids is 1. The van der Waals surface area contributed by atoms with E-state index in [1.165, 1.54) is 0 Å². The number of hydrogen-bond donors (Lipinski definition) is 0. The summed E-state index contributed by atoms with van der Waals surface area (Å²) in [6.07, 6.45) is -9.24. The van der Waals surface area contributed by atoms with Crippen LogP contribution >= 0.6 is 15.9 Å². The SMILES string of the molecule is COC(=O)C(C)(Br)CC(F)(F)C(F)(F)C(F)(F)C(F)(F)F. The van der Waals surface area contributed by atoms with E-state index in [-0.39, 0.29) is 0 Å². The molecule has 0 spiro atoms. The Bertz CT molecular complexity index is 403. The zero-order chi connectivity index (χ0) is 17.5. The third kappa shape index (κ3) is 3.57. The molecule has 0 aromatic rings. The third-order valence-electron chi connectivity index (χ3n) is 2.37. The van der Waals surface area contributed by atoms with Crippen molar-refractivity contribution in [1.29, 1.82) is 0 Å². The van der Waals surface area contributed by atoms with Gasteiger partial charge in [-0.15, -0.1) is 0 Å². The van der Waals surface area contributed by atoms with Crippen LogP contribution in [0.1, 0.15) is 13.3 Å². The van der Waals surface area contributed by atoms with Crippen molar-refractivity contribution in [1.82, 2.24) is 0 Å². The molecule has 0 bridgehead atoms. The summed E-state index contributed by atoms with van der Waals surface area (Å²) in [7, 11) is 0.683. The van der Waals surface area contributed by atoms with Crippen LogP contribution < -0.4 is 0 Å². The number of methoxy groups -OCH3 is 1. The van der Waals surface area contributed by atoms with Gasteiger partial charge in [0, 0.05) is 6.42 Å². The second-order valence-electron chi connectivity index (χ2n) is 4.22. The summed E-state index contributed by atoms with van der Waals surface area (Å²) >= 11 is 2.24. The Morgan fingerprint density at radius 2 is 1.33 bits per heavy atom. The van der Waals surface area contributed by atoms with Crippen LogP contribution in [0.15, 0.2) is 0 Å². The summed E-state index contributed by atoms with van der Waals surface area (Å²) in [5.41, 5.74) is 0. The van der Waals surface area contributed by atoms with E-state index in [1.807, 2.05) is 0 Å². The van der Waals surface area contributed by atoms with Gasteiger partial charge in [0.1, 0.15) is 4.32 Å². The highest BCUT2D eigenvalue weighted by Gasteiger charge is 2.82. The molecule has 126 valence electrons. The van der Waals surface area contributed by atoms with E-state index in [0.29, 0.717) is 14.0 Å². The molecule has 0 radical (unpaired) electrons. The molecular weight excluding hydrogens is 391 g/mol. The average molecular weight is 399 g/mol. The highest BCUT2D eigenvalue weighted by Crippen LogP contribution is 2.55. The minimum atomic E-state index is -6.98. The van der Waals surface area contributed by atoms with Gasteiger partial charge >= 0.3 is 29.9 Å². The minimum Gasteiger partial charge on any atom is -0.468 e.